The summed E-state index contributed by atoms with van der Waals surface area (Å²) in [6.07, 6.45) is 2.70. The number of nitrogens with one attached hydrogen (secondary N) is 1. The minimum absolute atomic E-state index is 0.0989. The van der Waals surface area contributed by atoms with Crippen molar-refractivity contribution in [2.45, 2.75) is 59.2 Å². The van der Waals surface area contributed by atoms with Crippen molar-refractivity contribution in [2.75, 3.05) is 40.3 Å². The Morgan fingerprint density at radius 2 is 1.88 bits per heavy atom. The van der Waals surface area contributed by atoms with Crippen LogP contribution in [0.4, 0.5) is 0 Å². The molecule has 2 aliphatic heterocycles. The fourth-order valence-corrected chi connectivity index (χ4v) is 5.02. The molecule has 1 aromatic heterocycles. The normalized spacial score (nSPS) is 19.1. The number of carbonyl (C=O) groups is 1. The van der Waals surface area contributed by atoms with Crippen molar-refractivity contribution in [3.63, 3.8) is 0 Å². The third kappa shape index (κ3) is 5.22. The Kier molecular flexibility index (Phi) is 7.34. The maximum absolute atomic E-state index is 12.8. The SMILES string of the molecule is COc1ccc(CN2CCc3nnc(C(C)NC(=O)C4CCN(C)CC4)n3CC2)c(C)c1C. The van der Waals surface area contributed by atoms with Gasteiger partial charge in [0.15, 0.2) is 5.82 Å². The van der Waals surface area contributed by atoms with Crippen molar-refractivity contribution in [1.82, 2.24) is 29.9 Å². The largest absolute Gasteiger partial charge is 0.496 e. The van der Waals surface area contributed by atoms with E-state index in [1.165, 1.54) is 16.7 Å². The Labute approximate surface area is 197 Å². The molecule has 3 heterocycles. The molecule has 1 atom stereocenters. The van der Waals surface area contributed by atoms with E-state index in [1.54, 1.807) is 7.11 Å². The lowest BCUT2D eigenvalue weighted by molar-refractivity contribution is -0.127. The van der Waals surface area contributed by atoms with Gasteiger partial charge in [-0.2, -0.15) is 0 Å². The Hall–Kier alpha value is -2.45. The molecule has 0 radical (unpaired) electrons. The van der Waals surface area contributed by atoms with Crippen LogP contribution in [0.3, 0.4) is 0 Å². The van der Waals surface area contributed by atoms with Crippen molar-refractivity contribution in [2.24, 2.45) is 5.92 Å². The highest BCUT2D eigenvalue weighted by molar-refractivity contribution is 5.79. The van der Waals surface area contributed by atoms with Gasteiger partial charge in [0.05, 0.1) is 13.2 Å². The first-order chi connectivity index (χ1) is 15.9. The number of aromatic nitrogens is 3. The van der Waals surface area contributed by atoms with Crippen LogP contribution in [0.1, 0.15) is 54.1 Å². The van der Waals surface area contributed by atoms with E-state index < -0.39 is 0 Å². The summed E-state index contributed by atoms with van der Waals surface area (Å²) in [5, 5.41) is 12.1. The van der Waals surface area contributed by atoms with E-state index in [0.29, 0.717) is 0 Å². The molecular formula is C25H38N6O2. The molecule has 33 heavy (non-hydrogen) atoms. The van der Waals surface area contributed by atoms with Gasteiger partial charge in [0.25, 0.3) is 0 Å². The van der Waals surface area contributed by atoms with Gasteiger partial charge in [0, 0.05) is 38.5 Å². The predicted octanol–water partition coefficient (Wildman–Crippen LogP) is 2.48. The summed E-state index contributed by atoms with van der Waals surface area (Å²) in [6, 6.07) is 4.10. The summed E-state index contributed by atoms with van der Waals surface area (Å²) in [5.74, 6) is 3.06. The van der Waals surface area contributed by atoms with Crippen LogP contribution in [-0.4, -0.2) is 70.8 Å². The zero-order chi connectivity index (χ0) is 23.5. The van der Waals surface area contributed by atoms with Gasteiger partial charge in [-0.1, -0.05) is 6.07 Å². The molecule has 0 spiro atoms. The van der Waals surface area contributed by atoms with Crippen molar-refractivity contribution in [1.29, 1.82) is 0 Å². The molecule has 1 N–H and O–H groups in total. The van der Waals surface area contributed by atoms with Gasteiger partial charge in [-0.15, -0.1) is 10.2 Å². The van der Waals surface area contributed by atoms with E-state index in [-0.39, 0.29) is 17.9 Å². The van der Waals surface area contributed by atoms with E-state index in [0.717, 1.165) is 75.9 Å². The number of amides is 1. The molecule has 0 aliphatic carbocycles. The number of methoxy groups -OCH3 is 1. The molecule has 1 amide bonds. The van der Waals surface area contributed by atoms with Crippen LogP contribution < -0.4 is 10.1 Å². The summed E-state index contributed by atoms with van der Waals surface area (Å²) in [5.41, 5.74) is 3.84. The van der Waals surface area contributed by atoms with Crippen LogP contribution in [0, 0.1) is 19.8 Å². The monoisotopic (exact) mass is 454 g/mol. The van der Waals surface area contributed by atoms with E-state index >= 15 is 0 Å². The van der Waals surface area contributed by atoms with Crippen LogP contribution in [0.2, 0.25) is 0 Å². The van der Waals surface area contributed by atoms with E-state index in [4.69, 9.17) is 4.74 Å². The lowest BCUT2D eigenvalue weighted by Gasteiger charge is -2.29. The van der Waals surface area contributed by atoms with Crippen molar-refractivity contribution in [3.8, 4) is 5.75 Å². The molecule has 2 aliphatic rings. The third-order valence-corrected chi connectivity index (χ3v) is 7.45. The minimum Gasteiger partial charge on any atom is -0.496 e. The molecule has 1 aromatic carbocycles. The van der Waals surface area contributed by atoms with Crippen molar-refractivity contribution in [3.05, 3.63) is 40.5 Å². The summed E-state index contributed by atoms with van der Waals surface area (Å²) < 4.78 is 7.68. The number of carbonyl (C=O) groups excluding carboxylic acids is 1. The van der Waals surface area contributed by atoms with Crippen molar-refractivity contribution < 1.29 is 9.53 Å². The van der Waals surface area contributed by atoms with Gasteiger partial charge < -0.3 is 19.5 Å². The topological polar surface area (TPSA) is 75.5 Å². The van der Waals surface area contributed by atoms with Crippen LogP contribution in [-0.2, 0) is 24.3 Å². The zero-order valence-corrected chi connectivity index (χ0v) is 20.7. The average molecular weight is 455 g/mol. The Morgan fingerprint density at radius 1 is 1.12 bits per heavy atom. The Bertz CT molecular complexity index is 980. The van der Waals surface area contributed by atoms with Crippen LogP contribution in [0.5, 0.6) is 5.75 Å². The molecule has 180 valence electrons. The van der Waals surface area contributed by atoms with Gasteiger partial charge in [-0.3, -0.25) is 9.69 Å². The van der Waals surface area contributed by atoms with Gasteiger partial charge in [-0.05, 0) is 76.5 Å². The lowest BCUT2D eigenvalue weighted by Crippen LogP contribution is -2.40. The second kappa shape index (κ2) is 10.2. The number of ether oxygens (including phenoxy) is 1. The van der Waals surface area contributed by atoms with Crippen LogP contribution >= 0.6 is 0 Å². The third-order valence-electron chi connectivity index (χ3n) is 7.45. The average Bonchev–Trinajstić information content (AvgIpc) is 3.11. The maximum Gasteiger partial charge on any atom is 0.223 e. The van der Waals surface area contributed by atoms with Gasteiger partial charge >= 0.3 is 0 Å². The van der Waals surface area contributed by atoms with Crippen LogP contribution in [0.25, 0.3) is 0 Å². The molecule has 4 rings (SSSR count). The summed E-state index contributed by atoms with van der Waals surface area (Å²) in [4.78, 5) is 17.6. The number of fused-ring (bicyclic) bond motifs is 1. The molecule has 0 bridgehead atoms. The van der Waals surface area contributed by atoms with Gasteiger partial charge in [0.1, 0.15) is 11.6 Å². The number of hydrogen-bond donors (Lipinski definition) is 1. The first-order valence-corrected chi connectivity index (χ1v) is 12.1. The number of likely N-dealkylation sites (tertiary alicyclic amines) is 1. The highest BCUT2D eigenvalue weighted by Crippen LogP contribution is 2.26. The molecule has 8 heteroatoms. The standard InChI is InChI=1S/C25H38N6O2/c1-17-18(2)22(33-5)7-6-21(17)16-30-13-10-23-27-28-24(31(23)15-14-30)19(3)26-25(32)20-8-11-29(4)12-9-20/h6-7,19-20H,8-16H2,1-5H3,(H,26,32). The summed E-state index contributed by atoms with van der Waals surface area (Å²) >= 11 is 0. The number of rotatable bonds is 6. The first kappa shape index (κ1) is 23.7. The fourth-order valence-electron chi connectivity index (χ4n) is 5.02. The second-order valence-corrected chi connectivity index (χ2v) is 9.64. The smallest absolute Gasteiger partial charge is 0.223 e. The zero-order valence-electron chi connectivity index (χ0n) is 20.7. The fraction of sp³-hybridized carbons (Fsp3) is 0.640. The molecule has 1 fully saturated rings. The molecule has 8 nitrogen and oxygen atoms in total. The summed E-state index contributed by atoms with van der Waals surface area (Å²) in [7, 11) is 3.84. The maximum atomic E-state index is 12.8. The molecule has 1 saturated heterocycles. The Balaban J connectivity index is 1.38. The van der Waals surface area contributed by atoms with Gasteiger partial charge in [0.2, 0.25) is 5.91 Å². The molecule has 1 unspecified atom stereocenters. The predicted molar refractivity (Wildman–Crippen MR) is 128 cm³/mol. The number of hydrogen-bond acceptors (Lipinski definition) is 6. The van der Waals surface area contributed by atoms with E-state index in [2.05, 4.69) is 62.9 Å². The Morgan fingerprint density at radius 3 is 2.61 bits per heavy atom. The first-order valence-electron chi connectivity index (χ1n) is 12.1. The summed E-state index contributed by atoms with van der Waals surface area (Å²) in [6.45, 7) is 11.9. The minimum atomic E-state index is -0.142. The second-order valence-electron chi connectivity index (χ2n) is 9.64. The number of nitrogens with zero attached hydrogens (tertiary/aromatic N) is 5. The molecule has 2 aromatic rings. The quantitative estimate of drug-likeness (QED) is 0.723. The molecule has 0 saturated carbocycles. The van der Waals surface area contributed by atoms with Gasteiger partial charge in [-0.25, -0.2) is 0 Å². The number of benzene rings is 1. The molecular weight excluding hydrogens is 416 g/mol. The van der Waals surface area contributed by atoms with Crippen molar-refractivity contribution >= 4 is 5.91 Å². The van der Waals surface area contributed by atoms with Crippen LogP contribution in [0.15, 0.2) is 12.1 Å². The van der Waals surface area contributed by atoms with E-state index in [1.807, 2.05) is 6.92 Å². The van der Waals surface area contributed by atoms with E-state index in [9.17, 15) is 4.79 Å². The highest BCUT2D eigenvalue weighted by atomic mass is 16.5. The number of piperidine rings is 1. The lowest BCUT2D eigenvalue weighted by atomic mass is 9.96. The highest BCUT2D eigenvalue weighted by Gasteiger charge is 2.27.